The Bertz CT molecular complexity index is 2310. The number of aromatic nitrogens is 8. The van der Waals surface area contributed by atoms with Crippen LogP contribution in [0.2, 0.25) is 0 Å². The zero-order valence-corrected chi connectivity index (χ0v) is 29.1. The topological polar surface area (TPSA) is 202 Å². The molecule has 1 fully saturated rings. The van der Waals surface area contributed by atoms with Gasteiger partial charge >= 0.3 is 0 Å². The van der Waals surface area contributed by atoms with E-state index in [4.69, 9.17) is 21.4 Å². The number of primary amides is 2. The highest BCUT2D eigenvalue weighted by Gasteiger charge is 2.29. The van der Waals surface area contributed by atoms with Crippen LogP contribution in [0.1, 0.15) is 52.4 Å². The molecule has 3 amide bonds. The molecular weight excluding hydrogens is 650 g/mol. The van der Waals surface area contributed by atoms with Crippen molar-refractivity contribution in [1.29, 1.82) is 0 Å². The second-order valence-corrected chi connectivity index (χ2v) is 12.9. The molecule has 16 nitrogen and oxygen atoms in total. The lowest BCUT2D eigenvalue weighted by Crippen LogP contribution is -2.32. The quantitative estimate of drug-likeness (QED) is 0.148. The Kier molecular flexibility index (Phi) is 8.66. The standard InChI is InChI=1S/C35H41N13O3/c1-5-47-29(13-20(3)42-47)40-34-38-25-15-23(32(36)50)7-9-27(25)45(34)18-22-11-12-44(17-22)31(49)19-46-28-10-8-24(33(37)51)16-26(28)39-35(46)41-30-14-21(4)43-48(30)6-2/h7-10,13-16,22H,5-6,11-12,17-19H2,1-4H3,(H2,36,50)(H2,37,51)(H,38,40)(H,39,41)/t22-/m0/s1. The number of benzene rings is 2. The van der Waals surface area contributed by atoms with Gasteiger partial charge in [-0.25, -0.2) is 19.3 Å². The lowest BCUT2D eigenvalue weighted by Gasteiger charge is -2.19. The van der Waals surface area contributed by atoms with Gasteiger partial charge in [-0.05, 0) is 76.4 Å². The van der Waals surface area contributed by atoms with Gasteiger partial charge in [-0.1, -0.05) is 0 Å². The number of amides is 3. The molecule has 4 aromatic heterocycles. The van der Waals surface area contributed by atoms with Crippen LogP contribution in [-0.2, 0) is 31.0 Å². The zero-order chi connectivity index (χ0) is 36.0. The number of nitrogens with one attached hydrogen (secondary N) is 2. The van der Waals surface area contributed by atoms with Crippen LogP contribution in [0, 0.1) is 19.8 Å². The maximum Gasteiger partial charge on any atom is 0.248 e. The summed E-state index contributed by atoms with van der Waals surface area (Å²) < 4.78 is 7.63. The molecular formula is C35H41N13O3. The zero-order valence-electron chi connectivity index (χ0n) is 29.1. The number of fused-ring (bicyclic) bond motifs is 2. The van der Waals surface area contributed by atoms with Crippen molar-refractivity contribution in [1.82, 2.24) is 43.6 Å². The van der Waals surface area contributed by atoms with Crippen molar-refractivity contribution in [2.75, 3.05) is 23.7 Å². The molecule has 51 heavy (non-hydrogen) atoms. The van der Waals surface area contributed by atoms with Crippen molar-refractivity contribution in [2.24, 2.45) is 17.4 Å². The van der Waals surface area contributed by atoms with Crippen LogP contribution < -0.4 is 22.1 Å². The highest BCUT2D eigenvalue weighted by Crippen LogP contribution is 2.30. The highest BCUT2D eigenvalue weighted by atomic mass is 16.2. The summed E-state index contributed by atoms with van der Waals surface area (Å²) in [6.45, 7) is 11.0. The smallest absolute Gasteiger partial charge is 0.248 e. The number of nitrogens with zero attached hydrogens (tertiary/aromatic N) is 9. The van der Waals surface area contributed by atoms with Crippen LogP contribution in [0.5, 0.6) is 0 Å². The third kappa shape index (κ3) is 6.47. The summed E-state index contributed by atoms with van der Waals surface area (Å²) in [6, 6.07) is 14.2. The lowest BCUT2D eigenvalue weighted by molar-refractivity contribution is -0.130. The Morgan fingerprint density at radius 1 is 0.765 bits per heavy atom. The van der Waals surface area contributed by atoms with E-state index >= 15 is 0 Å². The second kappa shape index (κ2) is 13.3. The van der Waals surface area contributed by atoms with Gasteiger partial charge in [0, 0.05) is 56.0 Å². The number of imidazole rings is 2. The molecule has 0 aliphatic carbocycles. The second-order valence-electron chi connectivity index (χ2n) is 12.9. The predicted molar refractivity (Wildman–Crippen MR) is 193 cm³/mol. The highest BCUT2D eigenvalue weighted by molar-refractivity contribution is 5.97. The molecule has 0 bridgehead atoms. The molecule has 16 heteroatoms. The molecule has 1 saturated heterocycles. The Morgan fingerprint density at radius 2 is 1.27 bits per heavy atom. The molecule has 7 rings (SSSR count). The summed E-state index contributed by atoms with van der Waals surface area (Å²) >= 11 is 0. The van der Waals surface area contributed by atoms with E-state index in [1.807, 2.05) is 64.7 Å². The Hall–Kier alpha value is -6.19. The van der Waals surface area contributed by atoms with Gasteiger partial charge in [-0.2, -0.15) is 10.2 Å². The van der Waals surface area contributed by atoms with Gasteiger partial charge in [0.05, 0.1) is 33.5 Å². The number of rotatable bonds is 12. The fourth-order valence-corrected chi connectivity index (χ4v) is 6.81. The fourth-order valence-electron chi connectivity index (χ4n) is 6.81. The molecule has 0 saturated carbocycles. The summed E-state index contributed by atoms with van der Waals surface area (Å²) in [6.07, 6.45) is 0.795. The van der Waals surface area contributed by atoms with E-state index in [0.29, 0.717) is 72.3 Å². The van der Waals surface area contributed by atoms with Crippen LogP contribution in [0.25, 0.3) is 22.1 Å². The van der Waals surface area contributed by atoms with Crippen LogP contribution in [0.15, 0.2) is 48.5 Å². The van der Waals surface area contributed by atoms with Crippen LogP contribution in [0.4, 0.5) is 23.5 Å². The van der Waals surface area contributed by atoms with E-state index in [-0.39, 0.29) is 18.4 Å². The van der Waals surface area contributed by atoms with Crippen molar-refractivity contribution in [3.8, 4) is 0 Å². The molecule has 264 valence electrons. The van der Waals surface area contributed by atoms with Gasteiger partial charge in [0.25, 0.3) is 0 Å². The summed E-state index contributed by atoms with van der Waals surface area (Å²) in [4.78, 5) is 49.4. The fraction of sp³-hybridized carbons (Fsp3) is 0.343. The van der Waals surface area contributed by atoms with E-state index < -0.39 is 11.8 Å². The molecule has 6 aromatic rings. The molecule has 2 aromatic carbocycles. The third-order valence-corrected chi connectivity index (χ3v) is 9.32. The molecule has 0 radical (unpaired) electrons. The van der Waals surface area contributed by atoms with Gasteiger partial charge in [0.15, 0.2) is 0 Å². The predicted octanol–water partition coefficient (Wildman–Crippen LogP) is 3.67. The number of aryl methyl sites for hydroxylation is 4. The Morgan fingerprint density at radius 3 is 1.78 bits per heavy atom. The number of carbonyl (C=O) groups excluding carboxylic acids is 3. The lowest BCUT2D eigenvalue weighted by atomic mass is 10.1. The normalized spacial score (nSPS) is 14.5. The maximum absolute atomic E-state index is 14.0. The van der Waals surface area contributed by atoms with Crippen molar-refractivity contribution in [3.05, 3.63) is 71.0 Å². The van der Waals surface area contributed by atoms with Crippen molar-refractivity contribution >= 4 is 63.3 Å². The number of likely N-dealkylation sites (tertiary alicyclic amines) is 1. The SMILES string of the molecule is CCn1nc(C)cc1Nc1nc2cc(C(N)=O)ccc2n1CC(=O)N1CC[C@H](Cn2c(Nc3cc(C)nn3CC)nc3cc(C(N)=O)ccc32)C1. The minimum Gasteiger partial charge on any atom is -0.366 e. The van der Waals surface area contributed by atoms with Gasteiger partial charge in [-0.3, -0.25) is 14.4 Å². The minimum absolute atomic E-state index is 0.0395. The molecule has 0 spiro atoms. The first-order valence-electron chi connectivity index (χ1n) is 17.0. The third-order valence-electron chi connectivity index (χ3n) is 9.32. The van der Waals surface area contributed by atoms with Crippen molar-refractivity contribution in [2.45, 2.75) is 60.3 Å². The first-order chi connectivity index (χ1) is 24.5. The summed E-state index contributed by atoms with van der Waals surface area (Å²) in [5, 5.41) is 15.9. The number of hydrogen-bond donors (Lipinski definition) is 4. The monoisotopic (exact) mass is 691 g/mol. The average molecular weight is 692 g/mol. The summed E-state index contributed by atoms with van der Waals surface area (Å²) in [5.74, 6) is 1.64. The van der Waals surface area contributed by atoms with E-state index in [9.17, 15) is 14.4 Å². The van der Waals surface area contributed by atoms with Crippen LogP contribution in [-0.4, -0.2) is 74.4 Å². The largest absolute Gasteiger partial charge is 0.366 e. The summed E-state index contributed by atoms with van der Waals surface area (Å²) in [5.41, 5.74) is 16.3. The van der Waals surface area contributed by atoms with Crippen molar-refractivity contribution in [3.63, 3.8) is 0 Å². The first kappa shape index (κ1) is 33.3. The molecule has 5 heterocycles. The van der Waals surface area contributed by atoms with E-state index in [2.05, 4.69) is 25.4 Å². The molecule has 6 N–H and O–H groups in total. The molecule has 1 aliphatic rings. The molecule has 1 aliphatic heterocycles. The number of anilines is 4. The maximum atomic E-state index is 14.0. The van der Waals surface area contributed by atoms with Gasteiger partial charge in [0.2, 0.25) is 29.6 Å². The number of nitrogens with two attached hydrogens (primary N) is 2. The molecule has 1 atom stereocenters. The van der Waals surface area contributed by atoms with E-state index in [1.165, 1.54) is 0 Å². The van der Waals surface area contributed by atoms with E-state index in [1.54, 1.807) is 30.3 Å². The number of carbonyl (C=O) groups is 3. The van der Waals surface area contributed by atoms with Crippen LogP contribution >= 0.6 is 0 Å². The average Bonchev–Trinajstić information content (AvgIpc) is 3.92. The molecule has 0 unspecified atom stereocenters. The number of hydrogen-bond acceptors (Lipinski definition) is 9. The Balaban J connectivity index is 1.14. The minimum atomic E-state index is -0.553. The van der Waals surface area contributed by atoms with Gasteiger partial charge in [0.1, 0.15) is 18.2 Å². The van der Waals surface area contributed by atoms with Gasteiger partial charge in [-0.15, -0.1) is 0 Å². The Labute approximate surface area is 293 Å². The van der Waals surface area contributed by atoms with Gasteiger partial charge < -0.3 is 36.1 Å². The van der Waals surface area contributed by atoms with E-state index in [0.717, 1.165) is 35.0 Å². The summed E-state index contributed by atoms with van der Waals surface area (Å²) in [7, 11) is 0. The van der Waals surface area contributed by atoms with Crippen LogP contribution in [0.3, 0.4) is 0 Å². The van der Waals surface area contributed by atoms with Crippen molar-refractivity contribution < 1.29 is 14.4 Å². The first-order valence-corrected chi connectivity index (χ1v) is 17.0.